The molecule has 4 rings (SSSR count). The molecule has 0 aliphatic heterocycles. The molecule has 34 heavy (non-hydrogen) atoms. The van der Waals surface area contributed by atoms with E-state index in [1.807, 2.05) is 0 Å². The zero-order valence-corrected chi connectivity index (χ0v) is 19.5. The molecule has 12 heteroatoms. The van der Waals surface area contributed by atoms with Crippen molar-refractivity contribution < 1.29 is 23.4 Å². The fraction of sp³-hybridized carbons (Fsp3) is 0.0455. The summed E-state index contributed by atoms with van der Waals surface area (Å²) in [4.78, 5) is 13.8. The van der Waals surface area contributed by atoms with E-state index in [1.165, 1.54) is 42.5 Å². The number of hydrogen-bond donors (Lipinski definition) is 4. The quantitative estimate of drug-likeness (QED) is 0.229. The molecule has 0 saturated carbocycles. The zero-order chi connectivity index (χ0) is 24.5. The Labute approximate surface area is 203 Å². The maximum absolute atomic E-state index is 12.9. The lowest BCUT2D eigenvalue weighted by atomic mass is 10.2. The summed E-state index contributed by atoms with van der Waals surface area (Å²) in [5.74, 6) is -1.43. The number of hydrogen-bond acceptors (Lipinski definition) is 6. The summed E-state index contributed by atoms with van der Waals surface area (Å²) in [7, 11) is -3.94. The van der Waals surface area contributed by atoms with Crippen molar-refractivity contribution in [2.24, 2.45) is 10.2 Å². The highest BCUT2D eigenvalue weighted by molar-refractivity contribution is 7.89. The van der Waals surface area contributed by atoms with Gasteiger partial charge in [-0.3, -0.25) is 0 Å². The normalized spacial score (nSPS) is 11.9. The Morgan fingerprint density at radius 3 is 2.56 bits per heavy atom. The van der Waals surface area contributed by atoms with Crippen LogP contribution in [0.3, 0.4) is 0 Å². The molecule has 174 valence electrons. The van der Waals surface area contributed by atoms with Crippen LogP contribution in [-0.2, 0) is 16.6 Å². The SMILES string of the molecule is O=C(O)c1cccc(N=Nc2c(O)[nH]c3ccc(S(=O)(=O)NCc4ccc(Cl)cc4Cl)cc23)c1. The minimum atomic E-state index is -3.94. The third-order valence-electron chi connectivity index (χ3n) is 4.86. The third-order valence-corrected chi connectivity index (χ3v) is 6.85. The lowest BCUT2D eigenvalue weighted by Gasteiger charge is -2.09. The van der Waals surface area contributed by atoms with Gasteiger partial charge in [0, 0.05) is 22.0 Å². The molecule has 0 atom stereocenters. The van der Waals surface area contributed by atoms with Crippen LogP contribution in [-0.4, -0.2) is 29.6 Å². The summed E-state index contributed by atoms with van der Waals surface area (Å²) in [5.41, 5.74) is 1.27. The number of azo groups is 1. The highest BCUT2D eigenvalue weighted by atomic mass is 35.5. The summed E-state index contributed by atoms with van der Waals surface area (Å²) in [6.45, 7) is -0.0543. The monoisotopic (exact) mass is 518 g/mol. The Morgan fingerprint density at radius 2 is 1.82 bits per heavy atom. The highest BCUT2D eigenvalue weighted by Gasteiger charge is 2.18. The Morgan fingerprint density at radius 1 is 1.03 bits per heavy atom. The number of halogens is 2. The average molecular weight is 519 g/mol. The second kappa shape index (κ2) is 9.43. The number of aromatic carboxylic acids is 1. The van der Waals surface area contributed by atoms with Gasteiger partial charge in [-0.1, -0.05) is 35.3 Å². The van der Waals surface area contributed by atoms with Gasteiger partial charge >= 0.3 is 5.97 Å². The van der Waals surface area contributed by atoms with Crippen LogP contribution in [0.5, 0.6) is 5.88 Å². The van der Waals surface area contributed by atoms with Gasteiger partial charge in [0.05, 0.1) is 21.7 Å². The van der Waals surface area contributed by atoms with E-state index in [1.54, 1.807) is 18.2 Å². The predicted octanol–water partition coefficient (Wildman–Crippen LogP) is 5.77. The molecular weight excluding hydrogens is 503 g/mol. The van der Waals surface area contributed by atoms with Crippen LogP contribution in [0, 0.1) is 0 Å². The molecule has 9 nitrogen and oxygen atoms in total. The lowest BCUT2D eigenvalue weighted by Crippen LogP contribution is -2.23. The van der Waals surface area contributed by atoms with Crippen LogP contribution in [0.2, 0.25) is 10.0 Å². The number of aromatic hydroxyl groups is 1. The number of aromatic amines is 1. The van der Waals surface area contributed by atoms with Crippen molar-refractivity contribution in [3.8, 4) is 5.88 Å². The first-order chi connectivity index (χ1) is 16.1. The minimum Gasteiger partial charge on any atom is -0.493 e. The van der Waals surface area contributed by atoms with E-state index >= 15 is 0 Å². The van der Waals surface area contributed by atoms with Crippen molar-refractivity contribution in [3.05, 3.63) is 81.8 Å². The first-order valence-corrected chi connectivity index (χ1v) is 11.9. The topological polar surface area (TPSA) is 144 Å². The first-order valence-electron chi connectivity index (χ1n) is 9.67. The molecule has 0 radical (unpaired) electrons. The number of nitrogens with zero attached hydrogens (tertiary/aromatic N) is 2. The van der Waals surface area contributed by atoms with Gasteiger partial charge in [-0.2, -0.15) is 5.11 Å². The fourth-order valence-electron chi connectivity index (χ4n) is 3.14. The van der Waals surface area contributed by atoms with Crippen molar-refractivity contribution in [1.82, 2.24) is 9.71 Å². The van der Waals surface area contributed by atoms with Gasteiger partial charge in [0.1, 0.15) is 0 Å². The molecule has 3 aromatic carbocycles. The molecule has 1 aromatic heterocycles. The van der Waals surface area contributed by atoms with Gasteiger partial charge in [0.2, 0.25) is 15.9 Å². The van der Waals surface area contributed by atoms with Gasteiger partial charge in [-0.05, 0) is 54.1 Å². The highest BCUT2D eigenvalue weighted by Crippen LogP contribution is 2.37. The van der Waals surface area contributed by atoms with Gasteiger partial charge in [0.15, 0.2) is 5.69 Å². The molecule has 0 bridgehead atoms. The summed E-state index contributed by atoms with van der Waals surface area (Å²) in [6.07, 6.45) is 0. The molecule has 0 spiro atoms. The molecule has 0 unspecified atom stereocenters. The number of carboxylic acid groups (broad SMARTS) is 1. The number of carbonyl (C=O) groups is 1. The standard InChI is InChI=1S/C22H16Cl2N4O5S/c23-14-5-4-13(18(24)9-14)11-25-34(32,33)16-6-7-19-17(10-16)20(21(29)26-19)28-27-15-3-1-2-12(8-15)22(30)31/h1-10,25-26,29H,11H2,(H,30,31). The van der Waals surface area contributed by atoms with Gasteiger partial charge < -0.3 is 15.2 Å². The van der Waals surface area contributed by atoms with E-state index in [4.69, 9.17) is 28.3 Å². The molecule has 0 fully saturated rings. The first kappa shape index (κ1) is 23.7. The lowest BCUT2D eigenvalue weighted by molar-refractivity contribution is 0.0697. The molecule has 4 aromatic rings. The molecule has 0 aliphatic rings. The minimum absolute atomic E-state index is 0.00789. The molecule has 0 amide bonds. The summed E-state index contributed by atoms with van der Waals surface area (Å²) >= 11 is 12.0. The Balaban J connectivity index is 1.64. The number of nitrogens with one attached hydrogen (secondary N) is 2. The predicted molar refractivity (Wildman–Crippen MR) is 128 cm³/mol. The number of rotatable bonds is 7. The zero-order valence-electron chi connectivity index (χ0n) is 17.2. The van der Waals surface area contributed by atoms with Crippen LogP contribution >= 0.6 is 23.2 Å². The van der Waals surface area contributed by atoms with E-state index in [-0.39, 0.29) is 34.3 Å². The van der Waals surface area contributed by atoms with E-state index in [2.05, 4.69) is 19.9 Å². The van der Waals surface area contributed by atoms with E-state index < -0.39 is 16.0 Å². The molecule has 4 N–H and O–H groups in total. The second-order valence-corrected chi connectivity index (χ2v) is 9.76. The Kier molecular flexibility index (Phi) is 6.58. The average Bonchev–Trinajstić information content (AvgIpc) is 3.11. The summed E-state index contributed by atoms with van der Waals surface area (Å²) in [6, 6.07) is 14.7. The van der Waals surface area contributed by atoms with Gasteiger partial charge in [-0.15, -0.1) is 5.11 Å². The number of aromatic nitrogens is 1. The van der Waals surface area contributed by atoms with Crippen molar-refractivity contribution in [2.45, 2.75) is 11.4 Å². The van der Waals surface area contributed by atoms with Crippen molar-refractivity contribution >= 4 is 61.5 Å². The van der Waals surface area contributed by atoms with Crippen LogP contribution in [0.4, 0.5) is 11.4 Å². The molecule has 1 heterocycles. The maximum Gasteiger partial charge on any atom is 0.335 e. The van der Waals surface area contributed by atoms with Crippen LogP contribution in [0.25, 0.3) is 10.9 Å². The third kappa shape index (κ3) is 5.05. The largest absolute Gasteiger partial charge is 0.493 e. The second-order valence-electron chi connectivity index (χ2n) is 7.15. The fourth-order valence-corrected chi connectivity index (χ4v) is 4.65. The van der Waals surface area contributed by atoms with Gasteiger partial charge in [0.25, 0.3) is 0 Å². The number of fused-ring (bicyclic) bond motifs is 1. The van der Waals surface area contributed by atoms with Crippen LogP contribution in [0.15, 0.2) is 75.8 Å². The maximum atomic E-state index is 12.9. The van der Waals surface area contributed by atoms with E-state index in [0.717, 1.165) is 0 Å². The number of benzene rings is 3. The van der Waals surface area contributed by atoms with Crippen molar-refractivity contribution in [2.75, 3.05) is 0 Å². The van der Waals surface area contributed by atoms with Crippen molar-refractivity contribution in [3.63, 3.8) is 0 Å². The van der Waals surface area contributed by atoms with Gasteiger partial charge in [-0.25, -0.2) is 17.9 Å². The Hall–Kier alpha value is -3.44. The number of sulfonamides is 1. The summed E-state index contributed by atoms with van der Waals surface area (Å²) < 4.78 is 28.2. The molecule has 0 saturated heterocycles. The van der Waals surface area contributed by atoms with Crippen molar-refractivity contribution in [1.29, 1.82) is 0 Å². The smallest absolute Gasteiger partial charge is 0.335 e. The summed E-state index contributed by atoms with van der Waals surface area (Å²) in [5, 5.41) is 28.4. The molecular formula is C22H16Cl2N4O5S. The van der Waals surface area contributed by atoms with Crippen LogP contribution in [0.1, 0.15) is 15.9 Å². The van der Waals surface area contributed by atoms with E-state index in [0.29, 0.717) is 26.5 Å². The Bertz CT molecular complexity index is 1550. The number of H-pyrrole nitrogens is 1. The van der Waals surface area contributed by atoms with Crippen LogP contribution < -0.4 is 4.72 Å². The molecule has 0 aliphatic carbocycles. The van der Waals surface area contributed by atoms with E-state index in [9.17, 15) is 18.3 Å². The number of carboxylic acids is 1.